The molecule has 2 N–H and O–H groups in total. The minimum Gasteiger partial charge on any atom is -0.392 e. The largest absolute Gasteiger partial charge is 0.393 e. The molecule has 7 heteroatoms. The number of aliphatic hydroxyl groups excluding tert-OH is 1. The zero-order valence-electron chi connectivity index (χ0n) is 12.2. The molecule has 4 nitrogen and oxygen atoms in total. The molecule has 22 heavy (non-hydrogen) atoms. The van der Waals surface area contributed by atoms with Crippen LogP contribution in [0.4, 0.5) is 13.2 Å². The van der Waals surface area contributed by atoms with Crippen LogP contribution in [0, 0.1) is 11.8 Å². The summed E-state index contributed by atoms with van der Waals surface area (Å²) in [6.07, 6.45) is -4.37. The number of nitrogens with zero attached hydrogens (tertiary/aromatic N) is 1. The number of benzene rings is 1. The van der Waals surface area contributed by atoms with Crippen LogP contribution in [0.25, 0.3) is 0 Å². The van der Waals surface area contributed by atoms with Crippen molar-refractivity contribution in [2.45, 2.75) is 19.3 Å². The van der Waals surface area contributed by atoms with E-state index in [-0.39, 0.29) is 26.2 Å². The summed E-state index contributed by atoms with van der Waals surface area (Å²) in [7, 11) is 1.58. The van der Waals surface area contributed by atoms with Crippen molar-refractivity contribution in [2.75, 3.05) is 20.1 Å². The summed E-state index contributed by atoms with van der Waals surface area (Å²) in [6.45, 7) is -0.0168. The molecule has 1 saturated heterocycles. The van der Waals surface area contributed by atoms with Crippen molar-refractivity contribution < 1.29 is 23.1 Å². The molecule has 1 heterocycles. The van der Waals surface area contributed by atoms with Gasteiger partial charge in [0.25, 0.3) is 0 Å². The van der Waals surface area contributed by atoms with E-state index in [4.69, 9.17) is 5.11 Å². The van der Waals surface area contributed by atoms with Gasteiger partial charge in [-0.25, -0.2) is 0 Å². The first kappa shape index (κ1) is 16.8. The average Bonchev–Trinajstić information content (AvgIpc) is 2.87. The van der Waals surface area contributed by atoms with Crippen LogP contribution in [-0.2, 0) is 17.9 Å². The van der Waals surface area contributed by atoms with Crippen LogP contribution in [0.15, 0.2) is 24.3 Å². The molecule has 1 fully saturated rings. The monoisotopic (exact) mass is 316 g/mol. The lowest BCUT2D eigenvalue weighted by atomic mass is 9.94. The minimum absolute atomic E-state index is 0.104. The first-order valence-corrected chi connectivity index (χ1v) is 7.03. The lowest BCUT2D eigenvalue weighted by Crippen LogP contribution is -2.39. The Morgan fingerprint density at radius 1 is 1.36 bits per heavy atom. The predicted octanol–water partition coefficient (Wildman–Crippen LogP) is 1.54. The number of amides is 1. The fraction of sp³-hybridized carbons (Fsp3) is 0.533. The van der Waals surface area contributed by atoms with Crippen molar-refractivity contribution in [1.82, 2.24) is 10.2 Å². The molecule has 0 aliphatic carbocycles. The second kappa shape index (κ2) is 6.66. The lowest BCUT2D eigenvalue weighted by Gasteiger charge is -2.20. The van der Waals surface area contributed by atoms with E-state index in [1.54, 1.807) is 31.3 Å². The third kappa shape index (κ3) is 3.98. The number of carbonyl (C=O) groups excluding carboxylic acids is 1. The van der Waals surface area contributed by atoms with Crippen molar-refractivity contribution in [3.8, 4) is 0 Å². The van der Waals surface area contributed by atoms with Crippen LogP contribution in [0.3, 0.4) is 0 Å². The van der Waals surface area contributed by atoms with Crippen molar-refractivity contribution >= 4 is 5.91 Å². The van der Waals surface area contributed by atoms with E-state index in [1.807, 2.05) is 0 Å². The highest BCUT2D eigenvalue weighted by Crippen LogP contribution is 2.37. The number of nitrogens with one attached hydrogen (secondary N) is 1. The summed E-state index contributed by atoms with van der Waals surface area (Å²) in [6, 6.07) is 6.93. The predicted molar refractivity (Wildman–Crippen MR) is 74.7 cm³/mol. The van der Waals surface area contributed by atoms with Gasteiger partial charge in [0, 0.05) is 19.6 Å². The van der Waals surface area contributed by atoms with E-state index >= 15 is 0 Å². The molecule has 0 bridgehead atoms. The molecular weight excluding hydrogens is 297 g/mol. The molecule has 0 aromatic heterocycles. The lowest BCUT2D eigenvalue weighted by molar-refractivity contribution is -0.183. The maximum absolute atomic E-state index is 13.0. The highest BCUT2D eigenvalue weighted by Gasteiger charge is 2.51. The van der Waals surface area contributed by atoms with Gasteiger partial charge in [-0.1, -0.05) is 24.3 Å². The molecule has 1 aromatic rings. The Bertz CT molecular complexity index is 534. The number of rotatable bonds is 4. The maximum Gasteiger partial charge on any atom is 0.393 e. The molecule has 2 rings (SSSR count). The molecule has 1 aliphatic heterocycles. The van der Waals surface area contributed by atoms with E-state index in [1.165, 1.54) is 4.90 Å². The van der Waals surface area contributed by atoms with Gasteiger partial charge in [-0.3, -0.25) is 4.79 Å². The Morgan fingerprint density at radius 3 is 2.68 bits per heavy atom. The van der Waals surface area contributed by atoms with E-state index in [9.17, 15) is 18.0 Å². The van der Waals surface area contributed by atoms with Crippen LogP contribution in [0.5, 0.6) is 0 Å². The summed E-state index contributed by atoms with van der Waals surface area (Å²) >= 11 is 0. The van der Waals surface area contributed by atoms with Gasteiger partial charge in [0.05, 0.1) is 18.4 Å². The normalized spacial score (nSPS) is 22.8. The summed E-state index contributed by atoms with van der Waals surface area (Å²) in [5.74, 6) is -3.28. The average molecular weight is 316 g/mol. The quantitative estimate of drug-likeness (QED) is 0.886. The van der Waals surface area contributed by atoms with Gasteiger partial charge in [-0.05, 0) is 18.2 Å². The third-order valence-electron chi connectivity index (χ3n) is 3.90. The number of carbonyl (C=O) groups is 1. The molecule has 1 amide bonds. The molecule has 0 saturated carbocycles. The fourth-order valence-electron chi connectivity index (χ4n) is 2.76. The van der Waals surface area contributed by atoms with E-state index in [0.29, 0.717) is 5.56 Å². The van der Waals surface area contributed by atoms with Gasteiger partial charge < -0.3 is 15.3 Å². The molecule has 0 spiro atoms. The van der Waals surface area contributed by atoms with Gasteiger partial charge in [0.2, 0.25) is 5.91 Å². The van der Waals surface area contributed by atoms with E-state index in [0.717, 1.165) is 5.56 Å². The minimum atomic E-state index is -4.37. The number of halogens is 3. The fourth-order valence-corrected chi connectivity index (χ4v) is 2.76. The molecule has 2 atom stereocenters. The Hall–Kier alpha value is -1.60. The number of hydrogen-bond donors (Lipinski definition) is 2. The Balaban J connectivity index is 1.99. The molecule has 0 radical (unpaired) electrons. The maximum atomic E-state index is 13.0. The molecular formula is C15H19F3N2O2. The van der Waals surface area contributed by atoms with Crippen LogP contribution < -0.4 is 5.32 Å². The van der Waals surface area contributed by atoms with Crippen molar-refractivity contribution in [2.24, 2.45) is 11.8 Å². The Morgan fingerprint density at radius 2 is 2.05 bits per heavy atom. The summed E-state index contributed by atoms with van der Waals surface area (Å²) in [5, 5.41) is 11.6. The third-order valence-corrected chi connectivity index (χ3v) is 3.90. The van der Waals surface area contributed by atoms with Crippen molar-refractivity contribution in [1.29, 1.82) is 0 Å². The van der Waals surface area contributed by atoms with Gasteiger partial charge in [-0.2, -0.15) is 13.2 Å². The van der Waals surface area contributed by atoms with Crippen LogP contribution in [-0.4, -0.2) is 42.2 Å². The van der Waals surface area contributed by atoms with Crippen LogP contribution in [0.2, 0.25) is 0 Å². The Labute approximate surface area is 126 Å². The summed E-state index contributed by atoms with van der Waals surface area (Å²) in [4.78, 5) is 13.6. The highest BCUT2D eigenvalue weighted by atomic mass is 19.4. The summed E-state index contributed by atoms with van der Waals surface area (Å²) < 4.78 is 38.9. The van der Waals surface area contributed by atoms with Crippen molar-refractivity contribution in [3.05, 3.63) is 35.4 Å². The molecule has 122 valence electrons. The smallest absolute Gasteiger partial charge is 0.392 e. The Kier molecular flexibility index (Phi) is 5.08. The van der Waals surface area contributed by atoms with Gasteiger partial charge in [0.15, 0.2) is 0 Å². The zero-order valence-corrected chi connectivity index (χ0v) is 12.2. The topological polar surface area (TPSA) is 52.6 Å². The van der Waals surface area contributed by atoms with Gasteiger partial charge >= 0.3 is 6.18 Å². The number of hydrogen-bond acceptors (Lipinski definition) is 3. The standard InChI is InChI=1S/C15H19F3N2O2/c1-20-7-12(13(8-20)15(16,17)18)14(22)19-6-10-3-2-4-11(5-10)9-21/h2-5,12-13,21H,6-9H2,1H3,(H,19,22)/t12-,13-/m1/s1. The molecule has 0 unspecified atom stereocenters. The number of likely N-dealkylation sites (tertiary alicyclic amines) is 1. The summed E-state index contributed by atoms with van der Waals surface area (Å²) in [5.41, 5.74) is 1.44. The first-order valence-electron chi connectivity index (χ1n) is 7.03. The highest BCUT2D eigenvalue weighted by molar-refractivity contribution is 5.79. The van der Waals surface area contributed by atoms with Gasteiger partial charge in [0.1, 0.15) is 0 Å². The van der Waals surface area contributed by atoms with E-state index in [2.05, 4.69) is 5.32 Å². The number of aliphatic hydroxyl groups is 1. The van der Waals surface area contributed by atoms with Crippen LogP contribution in [0.1, 0.15) is 11.1 Å². The van der Waals surface area contributed by atoms with Crippen molar-refractivity contribution in [3.63, 3.8) is 0 Å². The molecule has 1 aromatic carbocycles. The number of alkyl halides is 3. The zero-order chi connectivity index (χ0) is 16.3. The SMILES string of the molecule is CN1C[C@@H](C(F)(F)F)[C@H](C(=O)NCc2cccc(CO)c2)C1. The van der Waals surface area contributed by atoms with E-state index < -0.39 is 23.9 Å². The second-order valence-corrected chi connectivity index (χ2v) is 5.67. The van der Waals surface area contributed by atoms with Crippen LogP contribution >= 0.6 is 0 Å². The molecule has 1 aliphatic rings. The second-order valence-electron chi connectivity index (χ2n) is 5.67. The van der Waals surface area contributed by atoms with Gasteiger partial charge in [-0.15, -0.1) is 0 Å². The first-order chi connectivity index (χ1) is 10.3.